The smallest absolute Gasteiger partial charge is 0.261 e. The number of rotatable bonds is 5. The average molecular weight is 440 g/mol. The fraction of sp³-hybridized carbons (Fsp3) is 0.0455. The van der Waals surface area contributed by atoms with Gasteiger partial charge in [-0.05, 0) is 48.5 Å². The number of carbonyl (C=O) groups excluding carboxylic acids is 1. The summed E-state index contributed by atoms with van der Waals surface area (Å²) in [4.78, 5) is 29.2. The van der Waals surface area contributed by atoms with Crippen LogP contribution in [0.4, 0.5) is 5.69 Å². The summed E-state index contributed by atoms with van der Waals surface area (Å²) in [6, 6.07) is 19.3. The second kappa shape index (κ2) is 8.57. The molecule has 0 saturated heterocycles. The molecule has 0 unspecified atom stereocenters. The van der Waals surface area contributed by atoms with E-state index >= 15 is 0 Å². The van der Waals surface area contributed by atoms with Gasteiger partial charge in [0.05, 0.1) is 22.3 Å². The fourth-order valence-electron chi connectivity index (χ4n) is 2.89. The zero-order chi connectivity index (χ0) is 21.1. The van der Waals surface area contributed by atoms with Crippen molar-refractivity contribution in [2.75, 3.05) is 5.32 Å². The molecule has 0 spiro atoms. The summed E-state index contributed by atoms with van der Waals surface area (Å²) in [6.45, 7) is -0.200. The highest BCUT2D eigenvalue weighted by atomic mass is 35.5. The van der Waals surface area contributed by atoms with Gasteiger partial charge in [-0.2, -0.15) is 0 Å². The maximum Gasteiger partial charge on any atom is 0.261 e. The molecule has 150 valence electrons. The van der Waals surface area contributed by atoms with Crippen LogP contribution in [0, 0.1) is 0 Å². The first-order valence-electron chi connectivity index (χ1n) is 8.96. The lowest BCUT2D eigenvalue weighted by molar-refractivity contribution is -0.116. The van der Waals surface area contributed by atoms with E-state index in [9.17, 15) is 9.59 Å². The van der Waals surface area contributed by atoms with E-state index in [0.717, 1.165) is 5.75 Å². The number of anilines is 1. The molecule has 8 heteroatoms. The molecule has 1 N–H and O–H groups in total. The summed E-state index contributed by atoms with van der Waals surface area (Å²) in [5.74, 6) is 0.990. The molecule has 4 aromatic rings. The van der Waals surface area contributed by atoms with Crippen molar-refractivity contribution in [3.05, 3.63) is 93.5 Å². The Morgan fingerprint density at radius 2 is 1.70 bits per heavy atom. The molecule has 1 heterocycles. The number of benzene rings is 3. The van der Waals surface area contributed by atoms with E-state index in [1.54, 1.807) is 24.3 Å². The van der Waals surface area contributed by atoms with Crippen molar-refractivity contribution in [1.82, 2.24) is 9.55 Å². The molecular weight excluding hydrogens is 425 g/mol. The zero-order valence-corrected chi connectivity index (χ0v) is 17.0. The van der Waals surface area contributed by atoms with Crippen LogP contribution in [0.3, 0.4) is 0 Å². The van der Waals surface area contributed by atoms with E-state index in [2.05, 4.69) is 10.3 Å². The van der Waals surface area contributed by atoms with Gasteiger partial charge in [0.25, 0.3) is 5.56 Å². The molecule has 0 saturated carbocycles. The predicted octanol–water partition coefficient (Wildman–Crippen LogP) is 5.13. The summed E-state index contributed by atoms with van der Waals surface area (Å²) >= 11 is 12.1. The quantitative estimate of drug-likeness (QED) is 0.467. The molecule has 0 atom stereocenters. The Hall–Kier alpha value is -3.35. The van der Waals surface area contributed by atoms with Crippen LogP contribution in [-0.4, -0.2) is 15.5 Å². The molecule has 3 aromatic carbocycles. The first-order chi connectivity index (χ1) is 14.5. The Morgan fingerprint density at radius 1 is 1.00 bits per heavy atom. The van der Waals surface area contributed by atoms with Gasteiger partial charge in [-0.15, -0.1) is 0 Å². The van der Waals surface area contributed by atoms with E-state index < -0.39 is 5.56 Å². The van der Waals surface area contributed by atoms with Crippen LogP contribution in [0.25, 0.3) is 10.9 Å². The topological polar surface area (TPSA) is 73.2 Å². The lowest BCUT2D eigenvalue weighted by Crippen LogP contribution is -2.28. The Bertz CT molecular complexity index is 1270. The van der Waals surface area contributed by atoms with Crippen molar-refractivity contribution in [2.45, 2.75) is 6.54 Å². The number of halogens is 2. The van der Waals surface area contributed by atoms with E-state index in [-0.39, 0.29) is 22.9 Å². The van der Waals surface area contributed by atoms with Gasteiger partial charge in [0.15, 0.2) is 0 Å². The van der Waals surface area contributed by atoms with Crippen LogP contribution in [0.1, 0.15) is 0 Å². The van der Waals surface area contributed by atoms with Crippen LogP contribution in [0.5, 0.6) is 11.5 Å². The van der Waals surface area contributed by atoms with Crippen molar-refractivity contribution >= 4 is 45.7 Å². The molecule has 0 aliphatic rings. The van der Waals surface area contributed by atoms with Gasteiger partial charge in [-0.1, -0.05) is 41.4 Å². The fourth-order valence-corrected chi connectivity index (χ4v) is 3.44. The number of fused-ring (bicyclic) bond motifs is 1. The number of aromatic nitrogens is 2. The number of ether oxygens (including phenoxy) is 1. The van der Waals surface area contributed by atoms with Crippen LogP contribution in [0.2, 0.25) is 10.0 Å². The molecular formula is C22H15Cl2N3O3. The van der Waals surface area contributed by atoms with Gasteiger partial charge >= 0.3 is 0 Å². The monoisotopic (exact) mass is 439 g/mol. The van der Waals surface area contributed by atoms with Crippen LogP contribution in [-0.2, 0) is 11.3 Å². The molecule has 0 fully saturated rings. The minimum Gasteiger partial charge on any atom is -0.457 e. The summed E-state index contributed by atoms with van der Waals surface area (Å²) in [7, 11) is 0. The lowest BCUT2D eigenvalue weighted by atomic mass is 10.2. The van der Waals surface area contributed by atoms with Crippen molar-refractivity contribution in [1.29, 1.82) is 0 Å². The Labute approximate surface area is 181 Å². The lowest BCUT2D eigenvalue weighted by Gasteiger charge is -2.10. The predicted molar refractivity (Wildman–Crippen MR) is 118 cm³/mol. The maximum atomic E-state index is 12.6. The van der Waals surface area contributed by atoms with E-state index in [1.807, 2.05) is 30.3 Å². The number of nitrogens with one attached hydrogen (secondary N) is 1. The molecule has 6 nitrogen and oxygen atoms in total. The molecule has 0 radical (unpaired) electrons. The molecule has 1 aromatic heterocycles. The number of nitrogens with zero attached hydrogens (tertiary/aromatic N) is 2. The summed E-state index contributed by atoms with van der Waals surface area (Å²) < 4.78 is 6.93. The summed E-state index contributed by atoms with van der Waals surface area (Å²) in [5, 5.41) is 3.61. The number of hydrogen-bond acceptors (Lipinski definition) is 4. The van der Waals surface area contributed by atoms with Crippen molar-refractivity contribution in [2.24, 2.45) is 0 Å². The van der Waals surface area contributed by atoms with Gasteiger partial charge < -0.3 is 10.1 Å². The maximum absolute atomic E-state index is 12.6. The summed E-state index contributed by atoms with van der Waals surface area (Å²) in [5.41, 5.74) is 0.524. The Balaban J connectivity index is 1.46. The van der Waals surface area contributed by atoms with Crippen LogP contribution in [0.15, 0.2) is 77.9 Å². The van der Waals surface area contributed by atoms with Crippen LogP contribution < -0.4 is 15.6 Å². The highest BCUT2D eigenvalue weighted by Gasteiger charge is 2.11. The highest BCUT2D eigenvalue weighted by molar-refractivity contribution is 6.38. The molecule has 0 aliphatic heterocycles. The first kappa shape index (κ1) is 19.9. The Kier molecular flexibility index (Phi) is 5.70. The minimum atomic E-state index is -0.397. The molecule has 4 rings (SSSR count). The third-order valence-electron chi connectivity index (χ3n) is 4.28. The summed E-state index contributed by atoms with van der Waals surface area (Å²) in [6.07, 6.45) is 1.29. The molecule has 1 amide bonds. The van der Waals surface area contributed by atoms with Crippen molar-refractivity contribution < 1.29 is 9.53 Å². The Morgan fingerprint density at radius 3 is 2.43 bits per heavy atom. The van der Waals surface area contributed by atoms with Crippen molar-refractivity contribution in [3.63, 3.8) is 0 Å². The standard InChI is InChI=1S/C22H15Cl2N3O3/c23-14-10-18-21(19(24)11-14)25-13-27(22(18)29)12-20(28)26-15-6-8-17(9-7-15)30-16-4-2-1-3-5-16/h1-11,13H,12H2,(H,26,28). The second-order valence-electron chi connectivity index (χ2n) is 6.45. The third-order valence-corrected chi connectivity index (χ3v) is 4.78. The highest BCUT2D eigenvalue weighted by Crippen LogP contribution is 2.24. The molecule has 0 aliphatic carbocycles. The van der Waals surface area contributed by atoms with Crippen molar-refractivity contribution in [3.8, 4) is 11.5 Å². The molecule has 0 bridgehead atoms. The number of para-hydroxylation sites is 1. The third kappa shape index (κ3) is 4.45. The number of amides is 1. The van der Waals surface area contributed by atoms with Gasteiger partial charge in [0.1, 0.15) is 18.0 Å². The van der Waals surface area contributed by atoms with E-state index in [1.165, 1.54) is 23.0 Å². The zero-order valence-electron chi connectivity index (χ0n) is 15.5. The average Bonchev–Trinajstić information content (AvgIpc) is 2.73. The van der Waals surface area contributed by atoms with Gasteiger partial charge in [-0.25, -0.2) is 4.98 Å². The van der Waals surface area contributed by atoms with Gasteiger partial charge in [0.2, 0.25) is 5.91 Å². The molecule has 30 heavy (non-hydrogen) atoms. The largest absolute Gasteiger partial charge is 0.457 e. The van der Waals surface area contributed by atoms with Gasteiger partial charge in [-0.3, -0.25) is 14.2 Å². The second-order valence-corrected chi connectivity index (χ2v) is 7.29. The minimum absolute atomic E-state index is 0.200. The van der Waals surface area contributed by atoms with E-state index in [0.29, 0.717) is 22.0 Å². The SMILES string of the molecule is O=C(Cn1cnc2c(Cl)cc(Cl)cc2c1=O)Nc1ccc(Oc2ccccc2)cc1. The number of hydrogen-bond donors (Lipinski definition) is 1. The van der Waals surface area contributed by atoms with E-state index in [4.69, 9.17) is 27.9 Å². The van der Waals surface area contributed by atoms with Gasteiger partial charge in [0, 0.05) is 10.7 Å². The van der Waals surface area contributed by atoms with Crippen LogP contribution >= 0.6 is 23.2 Å². The first-order valence-corrected chi connectivity index (χ1v) is 9.72. The normalized spacial score (nSPS) is 10.7. The number of carbonyl (C=O) groups is 1.